The van der Waals surface area contributed by atoms with Crippen LogP contribution in [-0.2, 0) is 11.8 Å². The zero-order valence-electron chi connectivity index (χ0n) is 10.4. The molecule has 2 rings (SSSR count). The summed E-state index contributed by atoms with van der Waals surface area (Å²) >= 11 is 6.06. The molecule has 1 atom stereocenters. The Morgan fingerprint density at radius 2 is 1.94 bits per heavy atom. The van der Waals surface area contributed by atoms with Crippen molar-refractivity contribution in [2.45, 2.75) is 18.8 Å². The molecular weight excluding hydrogens is 244 g/mol. The lowest BCUT2D eigenvalue weighted by Crippen LogP contribution is -2.34. The van der Waals surface area contributed by atoms with Crippen molar-refractivity contribution in [3.63, 3.8) is 0 Å². The molecule has 1 aromatic heterocycles. The fourth-order valence-corrected chi connectivity index (χ4v) is 2.30. The molecule has 2 nitrogen and oxygen atoms in total. The van der Waals surface area contributed by atoms with E-state index in [1.54, 1.807) is 0 Å². The average molecular weight is 261 g/mol. The van der Waals surface area contributed by atoms with Gasteiger partial charge in [0.1, 0.15) is 0 Å². The van der Waals surface area contributed by atoms with Crippen LogP contribution in [0.25, 0.3) is 0 Å². The summed E-state index contributed by atoms with van der Waals surface area (Å²) in [6, 6.07) is 12.0. The van der Waals surface area contributed by atoms with Crippen LogP contribution < -0.4 is 5.73 Å². The molecule has 0 saturated heterocycles. The van der Waals surface area contributed by atoms with E-state index >= 15 is 0 Å². The Bertz CT molecular complexity index is 513. The van der Waals surface area contributed by atoms with Crippen LogP contribution in [0, 0.1) is 0 Å². The highest BCUT2D eigenvalue weighted by molar-refractivity contribution is 6.30. The molecule has 0 aliphatic rings. The molecule has 0 aliphatic heterocycles. The average Bonchev–Trinajstić information content (AvgIpc) is 2.40. The molecule has 0 saturated carbocycles. The van der Waals surface area contributed by atoms with E-state index in [0.717, 1.165) is 11.4 Å². The van der Waals surface area contributed by atoms with Gasteiger partial charge in [-0.25, -0.2) is 0 Å². The lowest BCUT2D eigenvalue weighted by molar-refractivity contribution is 0.481. The SMILES string of the molecule is CC(CN)(Cc1ccncc1)c1cccc(Cl)c1. The van der Waals surface area contributed by atoms with Crippen LogP contribution in [0.1, 0.15) is 18.1 Å². The zero-order valence-corrected chi connectivity index (χ0v) is 11.2. The van der Waals surface area contributed by atoms with Crippen LogP contribution in [-0.4, -0.2) is 11.5 Å². The minimum atomic E-state index is -0.105. The van der Waals surface area contributed by atoms with Crippen molar-refractivity contribution in [2.75, 3.05) is 6.54 Å². The van der Waals surface area contributed by atoms with Crippen LogP contribution in [0.4, 0.5) is 0 Å². The summed E-state index contributed by atoms with van der Waals surface area (Å²) in [6.45, 7) is 2.74. The van der Waals surface area contributed by atoms with Crippen LogP contribution in [0.15, 0.2) is 48.8 Å². The smallest absolute Gasteiger partial charge is 0.0408 e. The van der Waals surface area contributed by atoms with Crippen molar-refractivity contribution in [1.82, 2.24) is 4.98 Å². The fraction of sp³-hybridized carbons (Fsp3) is 0.267. The van der Waals surface area contributed by atoms with E-state index in [-0.39, 0.29) is 5.41 Å². The lowest BCUT2D eigenvalue weighted by atomic mass is 9.77. The number of aromatic nitrogens is 1. The van der Waals surface area contributed by atoms with E-state index in [0.29, 0.717) is 6.54 Å². The third-order valence-corrected chi connectivity index (χ3v) is 3.55. The predicted molar refractivity (Wildman–Crippen MR) is 75.8 cm³/mol. The molecule has 0 amide bonds. The molecule has 0 radical (unpaired) electrons. The molecule has 94 valence electrons. The number of hydrogen-bond donors (Lipinski definition) is 1. The van der Waals surface area contributed by atoms with E-state index < -0.39 is 0 Å². The van der Waals surface area contributed by atoms with Gasteiger partial charge in [0.25, 0.3) is 0 Å². The highest BCUT2D eigenvalue weighted by atomic mass is 35.5. The summed E-state index contributed by atoms with van der Waals surface area (Å²) < 4.78 is 0. The number of nitrogens with zero attached hydrogens (tertiary/aromatic N) is 1. The maximum absolute atomic E-state index is 6.06. The maximum atomic E-state index is 6.06. The van der Waals surface area contributed by atoms with E-state index in [1.165, 1.54) is 11.1 Å². The number of halogens is 1. The Morgan fingerprint density at radius 3 is 2.56 bits per heavy atom. The summed E-state index contributed by atoms with van der Waals surface area (Å²) in [6.07, 6.45) is 4.50. The minimum Gasteiger partial charge on any atom is -0.330 e. The Balaban J connectivity index is 2.31. The number of rotatable bonds is 4. The largest absolute Gasteiger partial charge is 0.330 e. The van der Waals surface area contributed by atoms with E-state index in [4.69, 9.17) is 17.3 Å². The molecule has 2 aromatic rings. The van der Waals surface area contributed by atoms with Crippen LogP contribution in [0.2, 0.25) is 5.02 Å². The topological polar surface area (TPSA) is 38.9 Å². The molecule has 1 aromatic carbocycles. The van der Waals surface area contributed by atoms with Gasteiger partial charge in [0.15, 0.2) is 0 Å². The highest BCUT2D eigenvalue weighted by Crippen LogP contribution is 2.28. The second kappa shape index (κ2) is 5.51. The molecule has 3 heteroatoms. The minimum absolute atomic E-state index is 0.105. The number of nitrogens with two attached hydrogens (primary N) is 1. The van der Waals surface area contributed by atoms with Crippen LogP contribution >= 0.6 is 11.6 Å². The van der Waals surface area contributed by atoms with Crippen molar-refractivity contribution < 1.29 is 0 Å². The Morgan fingerprint density at radius 1 is 1.22 bits per heavy atom. The number of hydrogen-bond acceptors (Lipinski definition) is 2. The van der Waals surface area contributed by atoms with Gasteiger partial charge >= 0.3 is 0 Å². The second-order valence-electron chi connectivity index (χ2n) is 4.81. The van der Waals surface area contributed by atoms with Gasteiger partial charge in [-0.1, -0.05) is 30.7 Å². The Hall–Kier alpha value is -1.38. The van der Waals surface area contributed by atoms with Gasteiger partial charge in [0.2, 0.25) is 0 Å². The van der Waals surface area contributed by atoms with Crippen molar-refractivity contribution in [1.29, 1.82) is 0 Å². The zero-order chi connectivity index (χ0) is 13.0. The summed E-state index contributed by atoms with van der Waals surface area (Å²) in [5.41, 5.74) is 8.28. The molecule has 1 heterocycles. The lowest BCUT2D eigenvalue weighted by Gasteiger charge is -2.29. The predicted octanol–water partition coefficient (Wildman–Crippen LogP) is 3.19. The first-order chi connectivity index (χ1) is 8.64. The first-order valence-corrected chi connectivity index (χ1v) is 6.37. The van der Waals surface area contributed by atoms with Gasteiger partial charge in [-0.2, -0.15) is 0 Å². The third-order valence-electron chi connectivity index (χ3n) is 3.32. The molecular formula is C15H17ClN2. The summed E-state index contributed by atoms with van der Waals surface area (Å²) in [5.74, 6) is 0. The summed E-state index contributed by atoms with van der Waals surface area (Å²) in [5, 5.41) is 0.752. The van der Waals surface area contributed by atoms with E-state index in [1.807, 2.05) is 42.7 Å². The van der Waals surface area contributed by atoms with Gasteiger partial charge in [-0.05, 0) is 41.8 Å². The van der Waals surface area contributed by atoms with Gasteiger partial charge in [0, 0.05) is 29.4 Å². The van der Waals surface area contributed by atoms with Crippen molar-refractivity contribution in [2.24, 2.45) is 5.73 Å². The molecule has 18 heavy (non-hydrogen) atoms. The normalized spacial score (nSPS) is 14.2. The first kappa shape index (κ1) is 13.1. The van der Waals surface area contributed by atoms with Gasteiger partial charge in [-0.3, -0.25) is 4.98 Å². The number of benzene rings is 1. The quantitative estimate of drug-likeness (QED) is 0.917. The van der Waals surface area contributed by atoms with E-state index in [2.05, 4.69) is 18.0 Å². The molecule has 0 fully saturated rings. The standard InChI is InChI=1S/C15H17ClN2/c1-15(11-17,10-12-5-7-18-8-6-12)13-3-2-4-14(16)9-13/h2-9H,10-11,17H2,1H3. The third kappa shape index (κ3) is 2.89. The molecule has 0 aliphatic carbocycles. The first-order valence-electron chi connectivity index (χ1n) is 5.99. The van der Waals surface area contributed by atoms with E-state index in [9.17, 15) is 0 Å². The second-order valence-corrected chi connectivity index (χ2v) is 5.24. The molecule has 2 N–H and O–H groups in total. The molecule has 1 unspecified atom stereocenters. The Kier molecular flexibility index (Phi) is 4.00. The van der Waals surface area contributed by atoms with Gasteiger partial charge < -0.3 is 5.73 Å². The van der Waals surface area contributed by atoms with Crippen molar-refractivity contribution in [3.05, 3.63) is 64.9 Å². The maximum Gasteiger partial charge on any atom is 0.0408 e. The van der Waals surface area contributed by atoms with Crippen LogP contribution in [0.3, 0.4) is 0 Å². The Labute approximate surface area is 113 Å². The molecule has 0 bridgehead atoms. The van der Waals surface area contributed by atoms with Gasteiger partial charge in [-0.15, -0.1) is 0 Å². The monoisotopic (exact) mass is 260 g/mol. The highest BCUT2D eigenvalue weighted by Gasteiger charge is 2.25. The van der Waals surface area contributed by atoms with Gasteiger partial charge in [0.05, 0.1) is 0 Å². The number of pyridine rings is 1. The van der Waals surface area contributed by atoms with Crippen LogP contribution in [0.5, 0.6) is 0 Å². The van der Waals surface area contributed by atoms with Crippen molar-refractivity contribution in [3.8, 4) is 0 Å². The van der Waals surface area contributed by atoms with Crippen molar-refractivity contribution >= 4 is 11.6 Å². The fourth-order valence-electron chi connectivity index (χ4n) is 2.11. The summed E-state index contributed by atoms with van der Waals surface area (Å²) in [4.78, 5) is 4.04. The molecule has 0 spiro atoms. The summed E-state index contributed by atoms with van der Waals surface area (Å²) in [7, 11) is 0.